The summed E-state index contributed by atoms with van der Waals surface area (Å²) in [6.07, 6.45) is 1.26. The number of methoxy groups -OCH3 is 1. The van der Waals surface area contributed by atoms with Crippen molar-refractivity contribution < 1.29 is 24.2 Å². The highest BCUT2D eigenvalue weighted by molar-refractivity contribution is 9.10. The molecule has 8 nitrogen and oxygen atoms in total. The number of carboxylic acids is 1. The van der Waals surface area contributed by atoms with Crippen molar-refractivity contribution in [3.8, 4) is 11.5 Å². The van der Waals surface area contributed by atoms with Crippen LogP contribution in [0, 0.1) is 0 Å². The van der Waals surface area contributed by atoms with Crippen LogP contribution >= 0.6 is 15.9 Å². The molecule has 1 aromatic carbocycles. The lowest BCUT2D eigenvalue weighted by atomic mass is 10.2. The summed E-state index contributed by atoms with van der Waals surface area (Å²) >= 11 is 3.26. The molecule has 0 aromatic heterocycles. The van der Waals surface area contributed by atoms with Gasteiger partial charge in [-0.3, -0.25) is 0 Å². The zero-order chi connectivity index (χ0) is 15.1. The van der Waals surface area contributed by atoms with E-state index in [2.05, 4.69) is 21.0 Å². The zero-order valence-corrected chi connectivity index (χ0v) is 12.0. The summed E-state index contributed by atoms with van der Waals surface area (Å²) in [4.78, 5) is 21.1. The maximum atomic E-state index is 10.6. The van der Waals surface area contributed by atoms with Crippen LogP contribution in [0.4, 0.5) is 4.79 Å². The van der Waals surface area contributed by atoms with E-state index in [-0.39, 0.29) is 5.75 Å². The Morgan fingerprint density at radius 1 is 1.55 bits per heavy atom. The van der Waals surface area contributed by atoms with Crippen LogP contribution in [0.25, 0.3) is 0 Å². The number of carboxylic acid groups (broad SMARTS) is 1. The van der Waals surface area contributed by atoms with Crippen LogP contribution in [0.3, 0.4) is 0 Å². The molecule has 20 heavy (non-hydrogen) atoms. The number of rotatable bonds is 6. The first-order chi connectivity index (χ1) is 9.43. The Morgan fingerprint density at radius 2 is 2.25 bits per heavy atom. The predicted octanol–water partition coefficient (Wildman–Crippen LogP) is 0.923. The molecule has 0 fully saturated rings. The van der Waals surface area contributed by atoms with E-state index < -0.39 is 18.6 Å². The molecule has 0 aliphatic heterocycles. The molecule has 0 unspecified atom stereocenters. The molecule has 108 valence electrons. The summed E-state index contributed by atoms with van der Waals surface area (Å²) < 4.78 is 10.9. The molecule has 0 bridgehead atoms. The van der Waals surface area contributed by atoms with Crippen molar-refractivity contribution in [2.24, 2.45) is 10.8 Å². The van der Waals surface area contributed by atoms with Gasteiger partial charge in [-0.1, -0.05) is 15.9 Å². The Bertz CT molecular complexity index is 547. The van der Waals surface area contributed by atoms with Crippen molar-refractivity contribution in [1.29, 1.82) is 0 Å². The fraction of sp³-hybridized carbons (Fsp3) is 0.182. The number of carbonyl (C=O) groups excluding carboxylic acids is 1. The summed E-state index contributed by atoms with van der Waals surface area (Å²) in [5.74, 6) is -0.623. The van der Waals surface area contributed by atoms with Gasteiger partial charge in [-0.2, -0.15) is 5.10 Å². The highest BCUT2D eigenvalue weighted by Crippen LogP contribution is 2.33. The van der Waals surface area contributed by atoms with E-state index in [0.717, 1.165) is 0 Å². The molecule has 0 spiro atoms. The molecule has 0 radical (unpaired) electrons. The van der Waals surface area contributed by atoms with Crippen LogP contribution < -0.4 is 20.6 Å². The van der Waals surface area contributed by atoms with E-state index >= 15 is 0 Å². The SMILES string of the molecule is COc1cc(Br)cc(C=NNC(N)=O)c1OCC(=O)O. The summed E-state index contributed by atoms with van der Waals surface area (Å²) in [7, 11) is 1.41. The molecule has 0 saturated carbocycles. The van der Waals surface area contributed by atoms with Gasteiger partial charge in [0.25, 0.3) is 0 Å². The number of hydrazone groups is 1. The number of aliphatic carboxylic acids is 1. The Morgan fingerprint density at radius 3 is 2.80 bits per heavy atom. The monoisotopic (exact) mass is 345 g/mol. The van der Waals surface area contributed by atoms with Gasteiger partial charge in [0.15, 0.2) is 18.1 Å². The lowest BCUT2D eigenvalue weighted by Crippen LogP contribution is -2.24. The van der Waals surface area contributed by atoms with Crippen LogP contribution in [0.5, 0.6) is 11.5 Å². The summed E-state index contributed by atoms with van der Waals surface area (Å²) in [5, 5.41) is 12.2. The van der Waals surface area contributed by atoms with Gasteiger partial charge in [-0.25, -0.2) is 15.0 Å². The van der Waals surface area contributed by atoms with Crippen molar-refractivity contribution in [2.45, 2.75) is 0 Å². The van der Waals surface area contributed by atoms with Crippen LogP contribution in [-0.2, 0) is 4.79 Å². The van der Waals surface area contributed by atoms with E-state index in [0.29, 0.717) is 15.8 Å². The minimum atomic E-state index is -1.13. The molecule has 4 N–H and O–H groups in total. The van der Waals surface area contributed by atoms with E-state index in [4.69, 9.17) is 20.3 Å². The first-order valence-corrected chi connectivity index (χ1v) is 6.04. The number of amides is 2. The molecule has 1 aromatic rings. The average molecular weight is 346 g/mol. The topological polar surface area (TPSA) is 123 Å². The number of hydrogen-bond donors (Lipinski definition) is 3. The minimum Gasteiger partial charge on any atom is -0.493 e. The largest absolute Gasteiger partial charge is 0.493 e. The van der Waals surface area contributed by atoms with E-state index in [1.807, 2.05) is 5.43 Å². The third kappa shape index (κ3) is 4.76. The zero-order valence-electron chi connectivity index (χ0n) is 10.4. The van der Waals surface area contributed by atoms with Crippen molar-refractivity contribution in [2.75, 3.05) is 13.7 Å². The van der Waals surface area contributed by atoms with Gasteiger partial charge in [-0.05, 0) is 12.1 Å². The molecule has 2 amide bonds. The van der Waals surface area contributed by atoms with Crippen molar-refractivity contribution in [3.05, 3.63) is 22.2 Å². The summed E-state index contributed by atoms with van der Waals surface area (Å²) in [6.45, 7) is -0.540. The lowest BCUT2D eigenvalue weighted by Gasteiger charge is -2.12. The average Bonchev–Trinajstić information content (AvgIpc) is 2.36. The summed E-state index contributed by atoms with van der Waals surface area (Å²) in [6, 6.07) is 2.40. The van der Waals surface area contributed by atoms with Gasteiger partial charge in [0.1, 0.15) is 0 Å². The van der Waals surface area contributed by atoms with E-state index in [1.165, 1.54) is 13.3 Å². The van der Waals surface area contributed by atoms with Crippen molar-refractivity contribution in [1.82, 2.24) is 5.43 Å². The molecule has 1 rings (SSSR count). The first kappa shape index (κ1) is 15.8. The molecule has 0 atom stereocenters. The second kappa shape index (κ2) is 7.34. The summed E-state index contributed by atoms with van der Waals surface area (Å²) in [5.41, 5.74) is 7.30. The number of hydrogen-bond acceptors (Lipinski definition) is 5. The van der Waals surface area contributed by atoms with Crippen LogP contribution in [0.1, 0.15) is 5.56 Å². The molecule has 0 saturated heterocycles. The van der Waals surface area contributed by atoms with Crippen molar-refractivity contribution >= 4 is 34.1 Å². The molecule has 0 aliphatic carbocycles. The second-order valence-electron chi connectivity index (χ2n) is 3.44. The number of primary amides is 1. The quantitative estimate of drug-likeness (QED) is 0.522. The Labute approximate surface area is 122 Å². The minimum absolute atomic E-state index is 0.188. The number of benzene rings is 1. The molecule has 9 heteroatoms. The second-order valence-corrected chi connectivity index (χ2v) is 4.36. The Balaban J connectivity index is 3.10. The van der Waals surface area contributed by atoms with E-state index in [1.54, 1.807) is 12.1 Å². The third-order valence-electron chi connectivity index (χ3n) is 1.99. The number of nitrogens with two attached hydrogens (primary N) is 1. The highest BCUT2D eigenvalue weighted by atomic mass is 79.9. The number of ether oxygens (including phenoxy) is 2. The van der Waals surface area contributed by atoms with Gasteiger partial charge in [0.05, 0.1) is 13.3 Å². The fourth-order valence-electron chi connectivity index (χ4n) is 1.29. The maximum absolute atomic E-state index is 10.6. The Hall–Kier alpha value is -2.29. The third-order valence-corrected chi connectivity index (χ3v) is 2.44. The highest BCUT2D eigenvalue weighted by Gasteiger charge is 2.13. The number of urea groups is 1. The van der Waals surface area contributed by atoms with Gasteiger partial charge < -0.3 is 20.3 Å². The predicted molar refractivity (Wildman–Crippen MR) is 74.1 cm³/mol. The first-order valence-electron chi connectivity index (χ1n) is 5.24. The lowest BCUT2D eigenvalue weighted by molar-refractivity contribution is -0.139. The molecule has 0 aliphatic rings. The normalized spacial score (nSPS) is 10.3. The van der Waals surface area contributed by atoms with Crippen LogP contribution in [-0.4, -0.2) is 37.0 Å². The molecular weight excluding hydrogens is 334 g/mol. The number of nitrogens with one attached hydrogen (secondary N) is 1. The van der Waals surface area contributed by atoms with Crippen LogP contribution in [0.2, 0.25) is 0 Å². The maximum Gasteiger partial charge on any atom is 0.341 e. The molecular formula is C11H12BrN3O5. The fourth-order valence-corrected chi connectivity index (χ4v) is 1.74. The standard InChI is InChI=1S/C11H12BrN3O5/c1-19-8-3-7(12)2-6(4-14-15-11(13)18)10(8)20-5-9(16)17/h2-4H,5H2,1H3,(H,16,17)(H3,13,15,18). The molecule has 0 heterocycles. The number of halogens is 1. The van der Waals surface area contributed by atoms with Gasteiger partial charge in [0.2, 0.25) is 0 Å². The van der Waals surface area contributed by atoms with Gasteiger partial charge >= 0.3 is 12.0 Å². The van der Waals surface area contributed by atoms with E-state index in [9.17, 15) is 9.59 Å². The van der Waals surface area contributed by atoms with Gasteiger partial charge in [-0.15, -0.1) is 0 Å². The smallest absolute Gasteiger partial charge is 0.341 e. The van der Waals surface area contributed by atoms with Crippen molar-refractivity contribution in [3.63, 3.8) is 0 Å². The van der Waals surface area contributed by atoms with Gasteiger partial charge in [0, 0.05) is 10.0 Å². The number of nitrogens with zero attached hydrogens (tertiary/aromatic N) is 1. The Kier molecular flexibility index (Phi) is 5.78. The number of carbonyl (C=O) groups is 2. The van der Waals surface area contributed by atoms with Crippen LogP contribution in [0.15, 0.2) is 21.7 Å².